The topological polar surface area (TPSA) is 284 Å². The molecule has 110 heavy (non-hydrogen) atoms. The monoisotopic (exact) mass is 1600 g/mol. The van der Waals surface area contributed by atoms with Crippen LogP contribution in [0.1, 0.15) is 201 Å². The summed E-state index contributed by atoms with van der Waals surface area (Å²) in [6.07, 6.45) is 18.6. The van der Waals surface area contributed by atoms with Crippen LogP contribution in [0.25, 0.3) is 0 Å². The van der Waals surface area contributed by atoms with Gasteiger partial charge in [-0.05, 0) is 102 Å². The van der Waals surface area contributed by atoms with Gasteiger partial charge in [0.1, 0.15) is 25.9 Å². The number of aliphatic hydroxyl groups is 2. The van der Waals surface area contributed by atoms with Crippen molar-refractivity contribution in [2.24, 2.45) is 28.6 Å². The third-order valence-corrected chi connectivity index (χ3v) is 22.2. The number of ether oxygens (including phenoxy) is 16. The third-order valence-electron chi connectivity index (χ3n) is 19.4. The summed E-state index contributed by atoms with van der Waals surface area (Å²) in [5.41, 5.74) is -2.03. The molecule has 7 unspecified atom stereocenters. The van der Waals surface area contributed by atoms with E-state index in [1.54, 1.807) is 6.92 Å². The maximum atomic E-state index is 15.6. The highest BCUT2D eigenvalue weighted by molar-refractivity contribution is 6.60. The van der Waals surface area contributed by atoms with E-state index in [1.165, 1.54) is 85.5 Å². The molecule has 646 valence electrons. The highest BCUT2D eigenvalue weighted by Crippen LogP contribution is 2.48. The number of aliphatic hydroxyl groups excluding tert-OH is 2. The zero-order valence-electron chi connectivity index (χ0n) is 70.7. The minimum atomic E-state index is -3.07. The smallest absolute Gasteiger partial charge is 0.465 e. The lowest BCUT2D eigenvalue weighted by Gasteiger charge is -2.40. The van der Waals surface area contributed by atoms with Crippen molar-refractivity contribution < 1.29 is 123 Å². The van der Waals surface area contributed by atoms with E-state index in [-0.39, 0.29) is 96.3 Å². The number of esters is 4. The number of quaternary nitrogens is 1. The van der Waals surface area contributed by atoms with Crippen molar-refractivity contribution in [3.8, 4) is 0 Å². The maximum Gasteiger partial charge on any atom is 0.500 e. The standard InChI is InChI=1S/C83H156NO25Si/c1-13-17-19-20-21-22-23-24-25-26-27-31-35-84(8,9)36-42-109-81(90)82(6,66-75(74-33-29-28-30-34-74)65-73(16-4)78(87)106-40-18-14-2)71-83(7,80(89)108-41-32-63-110(91-10,92-11)93-12)67-76(79(88)107-44-38-86)64-72(5)68-104-70-77(69-103-39-15-3)105-62-61-102-60-59-101-58-57-100-56-55-99-54-53-98-52-51-97-50-49-96-48-47-95-46-45-94-43-37-85/h28-30,33-34,72-73,75-77,85-86H,13-27,31-32,35-71H2,1-12H3/q+1. The lowest BCUT2D eigenvalue weighted by atomic mass is 9.64. The van der Waals surface area contributed by atoms with Crippen molar-refractivity contribution in [3.05, 3.63) is 35.9 Å². The third kappa shape index (κ3) is 53.7. The number of benzene rings is 1. The highest BCUT2D eigenvalue weighted by atomic mass is 28.4. The van der Waals surface area contributed by atoms with Crippen molar-refractivity contribution in [2.75, 3.05) is 240 Å². The summed E-state index contributed by atoms with van der Waals surface area (Å²) in [5, 5.41) is 18.7. The second-order valence-electron chi connectivity index (χ2n) is 29.9. The van der Waals surface area contributed by atoms with Gasteiger partial charge < -0.3 is 104 Å². The molecule has 0 saturated carbocycles. The largest absolute Gasteiger partial charge is 0.500 e. The molecule has 0 aliphatic carbocycles. The first-order chi connectivity index (χ1) is 53.3. The summed E-state index contributed by atoms with van der Waals surface area (Å²) in [7, 11) is 5.84. The molecule has 0 bridgehead atoms. The molecule has 1 rings (SSSR count). The number of carbonyl (C=O) groups is 4. The summed E-state index contributed by atoms with van der Waals surface area (Å²) in [6, 6.07) is 10.2. The van der Waals surface area contributed by atoms with Gasteiger partial charge in [0.05, 0.1) is 208 Å². The van der Waals surface area contributed by atoms with Crippen LogP contribution in [0.2, 0.25) is 6.04 Å². The fraction of sp³-hybridized carbons (Fsp3) is 0.880. The average Bonchev–Trinajstić information content (AvgIpc) is 0.782. The van der Waals surface area contributed by atoms with E-state index in [0.29, 0.717) is 168 Å². The maximum absolute atomic E-state index is 15.6. The SMILES string of the molecule is CCCCCCCCCCCCCC[N+](C)(C)CCOC(=O)C(C)(CC(CC(CC)C(=O)OCCCC)c1ccccc1)CC(C)(CC(CC(C)COCC(COCCC)OCCOCCOCCOCCOCCOCCOCCOCCOCCOCCO)C(=O)OCCO)C(=O)OCCC[Si](OC)(OC)OC. The summed E-state index contributed by atoms with van der Waals surface area (Å²) in [4.78, 5) is 59.5. The van der Waals surface area contributed by atoms with Crippen LogP contribution in [0.4, 0.5) is 0 Å². The first-order valence-electron chi connectivity index (χ1n) is 41.7. The average molecular weight is 1600 g/mol. The van der Waals surface area contributed by atoms with Gasteiger partial charge in [-0.15, -0.1) is 0 Å². The Morgan fingerprint density at radius 3 is 1.32 bits per heavy atom. The van der Waals surface area contributed by atoms with Gasteiger partial charge in [0, 0.05) is 40.6 Å². The number of rotatable bonds is 82. The van der Waals surface area contributed by atoms with Gasteiger partial charge in [-0.2, -0.15) is 0 Å². The van der Waals surface area contributed by atoms with Crippen LogP contribution in [-0.2, 0) is 108 Å². The number of hydrogen-bond acceptors (Lipinski definition) is 25. The number of unbranched alkanes of at least 4 members (excludes halogenated alkanes) is 12. The van der Waals surface area contributed by atoms with Crippen LogP contribution < -0.4 is 0 Å². The van der Waals surface area contributed by atoms with Crippen LogP contribution >= 0.6 is 0 Å². The summed E-state index contributed by atoms with van der Waals surface area (Å²) in [5.74, 6) is -4.09. The molecule has 0 aliphatic rings. The Hall–Kier alpha value is -3.40. The molecule has 26 nitrogen and oxygen atoms in total. The Balaban J connectivity index is 3.25. The van der Waals surface area contributed by atoms with Gasteiger partial charge in [-0.1, -0.05) is 136 Å². The number of nitrogens with zero attached hydrogens (tertiary/aromatic N) is 1. The normalized spacial score (nSPS) is 14.5. The van der Waals surface area contributed by atoms with Crippen molar-refractivity contribution in [3.63, 3.8) is 0 Å². The second kappa shape index (κ2) is 69.9. The van der Waals surface area contributed by atoms with E-state index >= 15 is 9.59 Å². The fourth-order valence-electron chi connectivity index (χ4n) is 13.1. The van der Waals surface area contributed by atoms with Gasteiger partial charge in [-0.25, -0.2) is 0 Å². The molecular formula is C83H156NO25Si+. The Morgan fingerprint density at radius 1 is 0.418 bits per heavy atom. The van der Waals surface area contributed by atoms with E-state index in [1.807, 2.05) is 65.0 Å². The lowest BCUT2D eigenvalue weighted by Crippen LogP contribution is -2.46. The minimum Gasteiger partial charge on any atom is -0.465 e. The van der Waals surface area contributed by atoms with Gasteiger partial charge in [0.15, 0.2) is 0 Å². The molecule has 0 heterocycles. The number of carbonyl (C=O) groups excluding carboxylic acids is 4. The molecule has 0 aliphatic heterocycles. The summed E-state index contributed by atoms with van der Waals surface area (Å²) in [6.45, 7) is 24.2. The molecular weight excluding hydrogens is 1440 g/mol. The van der Waals surface area contributed by atoms with Crippen molar-refractivity contribution in [1.82, 2.24) is 0 Å². The predicted octanol–water partition coefficient (Wildman–Crippen LogP) is 12.0. The molecule has 0 fully saturated rings. The van der Waals surface area contributed by atoms with Gasteiger partial charge >= 0.3 is 32.7 Å². The van der Waals surface area contributed by atoms with Crippen LogP contribution in [0, 0.1) is 28.6 Å². The van der Waals surface area contributed by atoms with Gasteiger partial charge in [0.25, 0.3) is 0 Å². The second-order valence-corrected chi connectivity index (χ2v) is 33.0. The summed E-state index contributed by atoms with van der Waals surface area (Å²) < 4.78 is 110. The minimum absolute atomic E-state index is 0.00129. The van der Waals surface area contributed by atoms with Crippen molar-refractivity contribution >= 4 is 32.7 Å². The van der Waals surface area contributed by atoms with Crippen LogP contribution in [0.15, 0.2) is 30.3 Å². The fourth-order valence-corrected chi connectivity index (χ4v) is 14.8. The first-order valence-corrected chi connectivity index (χ1v) is 43.6. The number of hydrogen-bond donors (Lipinski definition) is 2. The molecule has 7 atom stereocenters. The van der Waals surface area contributed by atoms with Crippen molar-refractivity contribution in [2.45, 2.75) is 208 Å². The molecule has 0 amide bonds. The molecule has 0 radical (unpaired) electrons. The Labute approximate surface area is 665 Å². The molecule has 1 aromatic carbocycles. The molecule has 2 N–H and O–H groups in total. The molecule has 0 aromatic heterocycles. The Bertz CT molecular complexity index is 2290. The van der Waals surface area contributed by atoms with Crippen LogP contribution in [0.3, 0.4) is 0 Å². The lowest BCUT2D eigenvalue weighted by molar-refractivity contribution is -0.890. The van der Waals surface area contributed by atoms with E-state index in [4.69, 9.17) is 94.2 Å². The predicted molar refractivity (Wildman–Crippen MR) is 426 cm³/mol. The zero-order chi connectivity index (χ0) is 80.9. The van der Waals surface area contributed by atoms with E-state index in [0.717, 1.165) is 44.2 Å². The quantitative estimate of drug-likeness (QED) is 0.0201. The zero-order valence-corrected chi connectivity index (χ0v) is 71.7. The van der Waals surface area contributed by atoms with Crippen molar-refractivity contribution in [1.29, 1.82) is 0 Å². The molecule has 0 spiro atoms. The Morgan fingerprint density at radius 2 is 0.845 bits per heavy atom. The molecule has 0 saturated heterocycles. The molecule has 27 heteroatoms. The molecule has 1 aromatic rings. The van der Waals surface area contributed by atoms with E-state index in [2.05, 4.69) is 21.0 Å². The van der Waals surface area contributed by atoms with E-state index in [9.17, 15) is 14.7 Å². The Kier molecular flexibility index (Phi) is 66.4. The summed E-state index contributed by atoms with van der Waals surface area (Å²) >= 11 is 0. The number of likely N-dealkylation sites (N-methyl/N-ethyl adjacent to an activating group) is 1. The highest BCUT2D eigenvalue weighted by Gasteiger charge is 2.50. The van der Waals surface area contributed by atoms with Gasteiger partial charge in [0.2, 0.25) is 0 Å². The van der Waals surface area contributed by atoms with Crippen LogP contribution in [0.5, 0.6) is 0 Å². The van der Waals surface area contributed by atoms with Gasteiger partial charge in [-0.3, -0.25) is 19.2 Å². The first kappa shape index (κ1) is 105. The van der Waals surface area contributed by atoms with E-state index < -0.39 is 62.1 Å². The van der Waals surface area contributed by atoms with Crippen LogP contribution in [-0.4, -0.2) is 294 Å².